The van der Waals surface area contributed by atoms with Crippen LogP contribution in [0.3, 0.4) is 0 Å². The average molecular weight is 297 g/mol. The summed E-state index contributed by atoms with van der Waals surface area (Å²) in [5, 5.41) is 4.21. The standard InChI is InChI=1S/C11H13BrN4O/c1-16-11(14-10(6-13)15-16)7-3-4-9(17-2)8(12)5-7/h3-5H,6,13H2,1-2H3. The molecule has 0 aliphatic rings. The maximum Gasteiger partial charge on any atom is 0.164 e. The molecule has 0 unspecified atom stereocenters. The highest BCUT2D eigenvalue weighted by molar-refractivity contribution is 9.10. The Morgan fingerprint density at radius 1 is 1.47 bits per heavy atom. The van der Waals surface area contributed by atoms with Crippen LogP contribution in [0.15, 0.2) is 22.7 Å². The van der Waals surface area contributed by atoms with Gasteiger partial charge in [0.25, 0.3) is 0 Å². The highest BCUT2D eigenvalue weighted by Crippen LogP contribution is 2.29. The van der Waals surface area contributed by atoms with Gasteiger partial charge in [0.15, 0.2) is 11.6 Å². The van der Waals surface area contributed by atoms with E-state index in [0.717, 1.165) is 21.6 Å². The van der Waals surface area contributed by atoms with E-state index in [1.807, 2.05) is 25.2 Å². The van der Waals surface area contributed by atoms with Gasteiger partial charge in [-0.2, -0.15) is 5.10 Å². The number of nitrogens with zero attached hydrogens (tertiary/aromatic N) is 3. The smallest absolute Gasteiger partial charge is 0.164 e. The molecule has 2 rings (SSSR count). The molecule has 5 nitrogen and oxygen atoms in total. The summed E-state index contributed by atoms with van der Waals surface area (Å²) in [5.41, 5.74) is 6.48. The summed E-state index contributed by atoms with van der Waals surface area (Å²) in [6.45, 7) is 0.338. The van der Waals surface area contributed by atoms with Crippen LogP contribution < -0.4 is 10.5 Å². The van der Waals surface area contributed by atoms with Crippen LogP contribution in [0, 0.1) is 0 Å². The molecule has 0 saturated carbocycles. The second kappa shape index (κ2) is 4.85. The molecule has 0 aliphatic carbocycles. The van der Waals surface area contributed by atoms with Crippen molar-refractivity contribution in [3.05, 3.63) is 28.5 Å². The number of halogens is 1. The van der Waals surface area contributed by atoms with E-state index in [4.69, 9.17) is 10.5 Å². The van der Waals surface area contributed by atoms with Gasteiger partial charge < -0.3 is 10.5 Å². The van der Waals surface area contributed by atoms with E-state index in [9.17, 15) is 0 Å². The van der Waals surface area contributed by atoms with Crippen LogP contribution in [0.5, 0.6) is 5.75 Å². The van der Waals surface area contributed by atoms with Crippen molar-refractivity contribution in [1.82, 2.24) is 14.8 Å². The first kappa shape index (κ1) is 12.1. The lowest BCUT2D eigenvalue weighted by Gasteiger charge is -2.05. The largest absolute Gasteiger partial charge is 0.496 e. The van der Waals surface area contributed by atoms with Crippen molar-refractivity contribution in [3.63, 3.8) is 0 Å². The fraction of sp³-hybridized carbons (Fsp3) is 0.273. The van der Waals surface area contributed by atoms with Gasteiger partial charge in [-0.15, -0.1) is 0 Å². The Morgan fingerprint density at radius 3 is 2.76 bits per heavy atom. The van der Waals surface area contributed by atoms with E-state index in [1.54, 1.807) is 11.8 Å². The zero-order valence-corrected chi connectivity index (χ0v) is 11.2. The van der Waals surface area contributed by atoms with Gasteiger partial charge in [0.2, 0.25) is 0 Å². The fourth-order valence-electron chi connectivity index (χ4n) is 1.58. The third kappa shape index (κ3) is 2.32. The number of rotatable bonds is 3. The Kier molecular flexibility index (Phi) is 3.44. The molecule has 0 radical (unpaired) electrons. The lowest BCUT2D eigenvalue weighted by atomic mass is 10.2. The van der Waals surface area contributed by atoms with E-state index in [-0.39, 0.29) is 0 Å². The molecule has 0 amide bonds. The summed E-state index contributed by atoms with van der Waals surface area (Å²) in [4.78, 5) is 4.36. The van der Waals surface area contributed by atoms with Crippen LogP contribution in [0.2, 0.25) is 0 Å². The summed E-state index contributed by atoms with van der Waals surface area (Å²) in [5.74, 6) is 2.21. The second-order valence-corrected chi connectivity index (χ2v) is 4.38. The van der Waals surface area contributed by atoms with E-state index in [1.165, 1.54) is 0 Å². The van der Waals surface area contributed by atoms with Gasteiger partial charge in [-0.3, -0.25) is 0 Å². The number of aromatic nitrogens is 3. The molecule has 0 atom stereocenters. The van der Waals surface area contributed by atoms with Crippen LogP contribution in [0.1, 0.15) is 5.82 Å². The Bertz CT molecular complexity index is 538. The highest BCUT2D eigenvalue weighted by atomic mass is 79.9. The lowest BCUT2D eigenvalue weighted by Crippen LogP contribution is -1.99. The van der Waals surface area contributed by atoms with Crippen molar-refractivity contribution >= 4 is 15.9 Å². The topological polar surface area (TPSA) is 66.0 Å². The molecule has 1 aromatic heterocycles. The zero-order chi connectivity index (χ0) is 12.4. The second-order valence-electron chi connectivity index (χ2n) is 3.53. The van der Waals surface area contributed by atoms with Gasteiger partial charge in [0, 0.05) is 12.6 Å². The van der Waals surface area contributed by atoms with E-state index in [0.29, 0.717) is 12.4 Å². The molecule has 2 aromatic rings. The normalized spacial score (nSPS) is 10.6. The van der Waals surface area contributed by atoms with Gasteiger partial charge in [0.1, 0.15) is 5.75 Å². The third-order valence-corrected chi connectivity index (χ3v) is 3.02. The van der Waals surface area contributed by atoms with Gasteiger partial charge >= 0.3 is 0 Å². The van der Waals surface area contributed by atoms with Crippen molar-refractivity contribution in [1.29, 1.82) is 0 Å². The molecule has 0 aliphatic heterocycles. The molecule has 6 heteroatoms. The van der Waals surface area contributed by atoms with Crippen LogP contribution in [0.25, 0.3) is 11.4 Å². The SMILES string of the molecule is COc1ccc(-c2nc(CN)nn2C)cc1Br. The molecule has 2 N–H and O–H groups in total. The Balaban J connectivity index is 2.45. The highest BCUT2D eigenvalue weighted by Gasteiger charge is 2.10. The summed E-state index contributed by atoms with van der Waals surface area (Å²) < 4.78 is 7.79. The molecule has 0 spiro atoms. The van der Waals surface area contributed by atoms with Crippen molar-refractivity contribution in [3.8, 4) is 17.1 Å². The number of aryl methyl sites for hydroxylation is 1. The summed E-state index contributed by atoms with van der Waals surface area (Å²) in [6.07, 6.45) is 0. The average Bonchev–Trinajstić information content (AvgIpc) is 2.70. The van der Waals surface area contributed by atoms with Crippen molar-refractivity contribution in [2.45, 2.75) is 6.54 Å². The van der Waals surface area contributed by atoms with Gasteiger partial charge in [-0.05, 0) is 34.1 Å². The first-order valence-corrected chi connectivity index (χ1v) is 5.89. The molecule has 0 fully saturated rings. The number of ether oxygens (including phenoxy) is 1. The first-order chi connectivity index (χ1) is 8.15. The molecular formula is C11H13BrN4O. The van der Waals surface area contributed by atoms with Gasteiger partial charge in [0.05, 0.1) is 18.1 Å². The predicted octanol–water partition coefficient (Wildman–Crippen LogP) is 1.71. The molecular weight excluding hydrogens is 284 g/mol. The number of benzene rings is 1. The van der Waals surface area contributed by atoms with Crippen LogP contribution >= 0.6 is 15.9 Å². The maximum absolute atomic E-state index is 5.52. The molecule has 90 valence electrons. The van der Waals surface area contributed by atoms with Crippen LogP contribution in [0.4, 0.5) is 0 Å². The molecule has 17 heavy (non-hydrogen) atoms. The van der Waals surface area contributed by atoms with Crippen molar-refractivity contribution in [2.24, 2.45) is 12.8 Å². The van der Waals surface area contributed by atoms with Gasteiger partial charge in [-0.1, -0.05) is 0 Å². The van der Waals surface area contributed by atoms with E-state index >= 15 is 0 Å². The van der Waals surface area contributed by atoms with Crippen LogP contribution in [-0.2, 0) is 13.6 Å². The number of hydrogen-bond donors (Lipinski definition) is 1. The monoisotopic (exact) mass is 296 g/mol. The minimum Gasteiger partial charge on any atom is -0.496 e. The lowest BCUT2D eigenvalue weighted by molar-refractivity contribution is 0.412. The predicted molar refractivity (Wildman–Crippen MR) is 68.6 cm³/mol. The fourth-order valence-corrected chi connectivity index (χ4v) is 2.12. The number of nitrogens with two attached hydrogens (primary N) is 1. The van der Waals surface area contributed by atoms with Crippen molar-refractivity contribution < 1.29 is 4.74 Å². The Hall–Kier alpha value is -1.40. The van der Waals surface area contributed by atoms with Crippen molar-refractivity contribution in [2.75, 3.05) is 7.11 Å². The molecule has 0 bridgehead atoms. The molecule has 1 heterocycles. The summed E-state index contributed by atoms with van der Waals surface area (Å²) in [7, 11) is 3.48. The quantitative estimate of drug-likeness (QED) is 0.936. The number of hydrogen-bond acceptors (Lipinski definition) is 4. The Labute approximate surface area is 108 Å². The van der Waals surface area contributed by atoms with E-state index < -0.39 is 0 Å². The van der Waals surface area contributed by atoms with Gasteiger partial charge in [-0.25, -0.2) is 9.67 Å². The minimum atomic E-state index is 0.338. The summed E-state index contributed by atoms with van der Waals surface area (Å²) >= 11 is 3.45. The Morgan fingerprint density at radius 2 is 2.24 bits per heavy atom. The first-order valence-electron chi connectivity index (χ1n) is 5.09. The van der Waals surface area contributed by atoms with E-state index in [2.05, 4.69) is 26.0 Å². The van der Waals surface area contributed by atoms with Crippen LogP contribution in [-0.4, -0.2) is 21.9 Å². The maximum atomic E-state index is 5.52. The zero-order valence-electron chi connectivity index (χ0n) is 9.64. The minimum absolute atomic E-state index is 0.338. The number of methoxy groups -OCH3 is 1. The molecule has 1 aromatic carbocycles. The summed E-state index contributed by atoms with van der Waals surface area (Å²) in [6, 6.07) is 5.77. The third-order valence-electron chi connectivity index (χ3n) is 2.40. The molecule has 0 saturated heterocycles.